The largest absolute Gasteiger partial charge is 0.481 e. The highest BCUT2D eigenvalue weighted by atomic mass is 16.4. The van der Waals surface area contributed by atoms with Crippen molar-refractivity contribution in [3.8, 4) is 0 Å². The maximum absolute atomic E-state index is 10.4. The highest BCUT2D eigenvalue weighted by Gasteiger charge is 2.10. The molecular weight excluding hydrogens is 344 g/mol. The van der Waals surface area contributed by atoms with E-state index in [0.29, 0.717) is 6.42 Å². The molecule has 0 spiro atoms. The van der Waals surface area contributed by atoms with E-state index < -0.39 is 37.5 Å². The lowest BCUT2D eigenvalue weighted by Gasteiger charge is -2.11. The maximum Gasteiger partial charge on any atom is 0.303 e. The van der Waals surface area contributed by atoms with Crippen molar-refractivity contribution in [1.29, 1.82) is 0 Å². The van der Waals surface area contributed by atoms with Gasteiger partial charge >= 0.3 is 5.97 Å². The molecule has 4 N–H and O–H groups in total. The number of hydrogen-bond donors (Lipinski definition) is 4. The average molecular weight is 382 g/mol. The zero-order valence-corrected chi connectivity index (χ0v) is 15.2. The van der Waals surface area contributed by atoms with Crippen molar-refractivity contribution < 1.29 is 32.1 Å². The monoisotopic (exact) mass is 381 g/mol. The molecule has 0 aromatic carbocycles. The second-order valence-electron chi connectivity index (χ2n) is 5.59. The van der Waals surface area contributed by atoms with Gasteiger partial charge in [-0.15, -0.1) is 0 Å². The first-order chi connectivity index (χ1) is 14.9. The van der Waals surface area contributed by atoms with Crippen LogP contribution < -0.4 is 0 Å². The molecule has 150 valence electrons. The van der Waals surface area contributed by atoms with E-state index in [1.165, 1.54) is 18.2 Å². The molecule has 5 nitrogen and oxygen atoms in total. The van der Waals surface area contributed by atoms with Crippen LogP contribution in [0.2, 0.25) is 0 Å². The first-order valence-electron chi connectivity index (χ1n) is 11.1. The molecule has 27 heavy (non-hydrogen) atoms. The zero-order chi connectivity index (χ0) is 24.6. The van der Waals surface area contributed by atoms with Gasteiger partial charge in [-0.3, -0.25) is 4.79 Å². The van der Waals surface area contributed by atoms with Crippen LogP contribution in [0.15, 0.2) is 72.9 Å². The Hall–Kier alpha value is -2.21. The van der Waals surface area contributed by atoms with Gasteiger partial charge in [-0.25, -0.2) is 0 Å². The summed E-state index contributed by atoms with van der Waals surface area (Å²) in [5.74, 6) is -0.892. The highest BCUT2D eigenvalue weighted by molar-refractivity contribution is 5.66. The minimum atomic E-state index is -2.76. The second-order valence-corrected chi connectivity index (χ2v) is 5.59. The van der Waals surface area contributed by atoms with E-state index in [2.05, 4.69) is 0 Å². The Balaban J connectivity index is 4.27. The predicted octanol–water partition coefficient (Wildman–Crippen LogP) is 3.46. The van der Waals surface area contributed by atoms with Crippen LogP contribution in [0, 0.1) is 0 Å². The smallest absolute Gasteiger partial charge is 0.303 e. The van der Waals surface area contributed by atoms with E-state index >= 15 is 0 Å². The molecule has 0 saturated carbocycles. The average Bonchev–Trinajstić information content (AvgIpc) is 2.68. The first kappa shape index (κ1) is 16.9. The van der Waals surface area contributed by atoms with Gasteiger partial charge in [-0.1, -0.05) is 79.8 Å². The van der Waals surface area contributed by atoms with Crippen molar-refractivity contribution >= 4 is 5.97 Å². The Morgan fingerprint density at radius 3 is 2.22 bits per heavy atom. The van der Waals surface area contributed by atoms with E-state index in [1.807, 2.05) is 0 Å². The van der Waals surface area contributed by atoms with Crippen molar-refractivity contribution in [2.45, 2.75) is 57.2 Å². The van der Waals surface area contributed by atoms with Crippen molar-refractivity contribution in [1.82, 2.24) is 0 Å². The summed E-state index contributed by atoms with van der Waals surface area (Å²) in [5, 5.41) is 37.9. The van der Waals surface area contributed by atoms with Gasteiger partial charge in [0.15, 0.2) is 0 Å². The number of carboxylic acids is 1. The van der Waals surface area contributed by atoms with Gasteiger partial charge in [0.1, 0.15) is 0 Å². The van der Waals surface area contributed by atoms with E-state index in [-0.39, 0.29) is 19.3 Å². The van der Waals surface area contributed by atoms with E-state index in [9.17, 15) is 20.1 Å². The van der Waals surface area contributed by atoms with Crippen molar-refractivity contribution in [3.63, 3.8) is 0 Å². The normalized spacial score (nSPS) is 20.3. The summed E-state index contributed by atoms with van der Waals surface area (Å²) in [4.78, 5) is 10.4. The molecule has 0 rings (SSSR count). The number of aliphatic hydroxyl groups excluding tert-OH is 3. The molecule has 0 aliphatic heterocycles. The Kier molecular flexibility index (Phi) is 10.8. The standard InChI is InChI=1S/C22H32O5/c1-2-3-9-14-19(23)15-10-6-4-5-7-11-16-20(24)21(25)17-12-8-13-18-22(26)27/h3-12,15-16,19-21,23-25H,2,13-14,17-18H2,1H3,(H,26,27)/i1D3,2D2. The summed E-state index contributed by atoms with van der Waals surface area (Å²) in [6.07, 6.45) is 13.4. The van der Waals surface area contributed by atoms with Gasteiger partial charge in [0.25, 0.3) is 0 Å². The fraction of sp³-hybridized carbons (Fsp3) is 0.409. The van der Waals surface area contributed by atoms with E-state index in [1.54, 1.807) is 48.6 Å². The van der Waals surface area contributed by atoms with Crippen LogP contribution >= 0.6 is 0 Å². The fourth-order valence-electron chi connectivity index (χ4n) is 1.80. The molecule has 3 atom stereocenters. The maximum atomic E-state index is 10.4. The van der Waals surface area contributed by atoms with Crippen LogP contribution in [0.1, 0.15) is 45.8 Å². The third-order valence-corrected chi connectivity index (χ3v) is 3.24. The summed E-state index contributed by atoms with van der Waals surface area (Å²) < 4.78 is 36.1. The summed E-state index contributed by atoms with van der Waals surface area (Å²) in [5.41, 5.74) is 0. The zero-order valence-electron chi connectivity index (χ0n) is 20.2. The summed E-state index contributed by atoms with van der Waals surface area (Å²) in [6.45, 7) is -2.76. The van der Waals surface area contributed by atoms with Crippen LogP contribution in [0.4, 0.5) is 0 Å². The molecule has 0 aliphatic rings. The number of carbonyl (C=O) groups is 1. The van der Waals surface area contributed by atoms with Crippen LogP contribution in [0.3, 0.4) is 0 Å². The number of hydrogen-bond acceptors (Lipinski definition) is 4. The molecule has 0 bridgehead atoms. The Labute approximate surface area is 169 Å². The molecule has 0 aliphatic carbocycles. The number of allylic oxidation sites excluding steroid dienone is 8. The number of aliphatic carboxylic acids is 1. The van der Waals surface area contributed by atoms with E-state index in [0.717, 1.165) is 6.08 Å². The Morgan fingerprint density at radius 1 is 0.926 bits per heavy atom. The van der Waals surface area contributed by atoms with Crippen LogP contribution in [-0.4, -0.2) is 44.7 Å². The van der Waals surface area contributed by atoms with Crippen LogP contribution in [0.25, 0.3) is 0 Å². The molecule has 0 saturated heterocycles. The Morgan fingerprint density at radius 2 is 1.56 bits per heavy atom. The van der Waals surface area contributed by atoms with Gasteiger partial charge in [0.2, 0.25) is 0 Å². The minimum absolute atomic E-state index is 0.0178. The lowest BCUT2D eigenvalue weighted by atomic mass is 10.1. The molecule has 0 heterocycles. The summed E-state index contributed by atoms with van der Waals surface area (Å²) in [6, 6.07) is 0. The van der Waals surface area contributed by atoms with E-state index in [4.69, 9.17) is 12.0 Å². The van der Waals surface area contributed by atoms with Crippen molar-refractivity contribution in [2.75, 3.05) is 0 Å². The first-order valence-corrected chi connectivity index (χ1v) is 8.64. The van der Waals surface area contributed by atoms with Crippen molar-refractivity contribution in [2.24, 2.45) is 0 Å². The lowest BCUT2D eigenvalue weighted by Crippen LogP contribution is -2.22. The molecular formula is C22H32O5. The predicted molar refractivity (Wildman–Crippen MR) is 109 cm³/mol. The molecule has 0 fully saturated rings. The third-order valence-electron chi connectivity index (χ3n) is 3.24. The minimum Gasteiger partial charge on any atom is -0.481 e. The SMILES string of the molecule is [2H]C([2H])([2H])C([2H])([2H])C=CCC(O)C=CC=CC=CC=CC(O)C(O)CC=CCCC(=O)O. The highest BCUT2D eigenvalue weighted by Crippen LogP contribution is 2.03. The van der Waals surface area contributed by atoms with Gasteiger partial charge in [0, 0.05) is 13.3 Å². The Bertz CT molecular complexity index is 721. The molecule has 0 amide bonds. The van der Waals surface area contributed by atoms with Crippen LogP contribution in [0.5, 0.6) is 0 Å². The molecule has 0 aromatic rings. The topological polar surface area (TPSA) is 98.0 Å². The number of rotatable bonds is 14. The number of carboxylic acid groups (broad SMARTS) is 1. The second kappa shape index (κ2) is 17.2. The van der Waals surface area contributed by atoms with Gasteiger partial charge in [-0.2, -0.15) is 0 Å². The van der Waals surface area contributed by atoms with Gasteiger partial charge in [-0.05, 0) is 25.6 Å². The molecule has 5 heteroatoms. The molecule has 3 unspecified atom stereocenters. The lowest BCUT2D eigenvalue weighted by molar-refractivity contribution is -0.136. The van der Waals surface area contributed by atoms with Gasteiger partial charge in [0.05, 0.1) is 18.3 Å². The summed E-state index contributed by atoms with van der Waals surface area (Å²) >= 11 is 0. The van der Waals surface area contributed by atoms with Crippen LogP contribution in [-0.2, 0) is 4.79 Å². The fourth-order valence-corrected chi connectivity index (χ4v) is 1.80. The van der Waals surface area contributed by atoms with Gasteiger partial charge < -0.3 is 20.4 Å². The van der Waals surface area contributed by atoms with Crippen molar-refractivity contribution in [3.05, 3.63) is 72.9 Å². The third kappa shape index (κ3) is 17.0. The summed E-state index contributed by atoms with van der Waals surface area (Å²) in [7, 11) is 0. The quantitative estimate of drug-likeness (QED) is 0.273. The molecule has 0 radical (unpaired) electrons. The molecule has 0 aromatic heterocycles. The number of aliphatic hydroxyl groups is 3.